The SMILES string of the molecule is CNc1c(NCCCO)c(=O)c1=O. The van der Waals surface area contributed by atoms with Crippen molar-refractivity contribution in [2.24, 2.45) is 0 Å². The van der Waals surface area contributed by atoms with E-state index in [1.54, 1.807) is 7.05 Å². The summed E-state index contributed by atoms with van der Waals surface area (Å²) >= 11 is 0. The Hall–Kier alpha value is -1.36. The largest absolute Gasteiger partial charge is 0.396 e. The summed E-state index contributed by atoms with van der Waals surface area (Å²) in [6.45, 7) is 0.563. The van der Waals surface area contributed by atoms with Crippen molar-refractivity contribution in [3.63, 3.8) is 0 Å². The highest BCUT2D eigenvalue weighted by atomic mass is 16.3. The second-order valence-corrected chi connectivity index (χ2v) is 2.66. The van der Waals surface area contributed by atoms with Gasteiger partial charge in [0, 0.05) is 20.2 Å². The number of anilines is 2. The number of aliphatic hydroxyl groups is 1. The van der Waals surface area contributed by atoms with Crippen LogP contribution in [0.3, 0.4) is 0 Å². The topological polar surface area (TPSA) is 78.4 Å². The van der Waals surface area contributed by atoms with Crippen LogP contribution in [0.1, 0.15) is 6.42 Å². The van der Waals surface area contributed by atoms with Crippen molar-refractivity contribution in [1.29, 1.82) is 0 Å². The molecule has 0 radical (unpaired) electrons. The minimum atomic E-state index is -0.484. The molecule has 0 amide bonds. The smallest absolute Gasteiger partial charge is 0.253 e. The molecule has 0 spiro atoms. The molecule has 5 nitrogen and oxygen atoms in total. The molecule has 1 aromatic carbocycles. The first kappa shape index (κ1) is 9.73. The van der Waals surface area contributed by atoms with Crippen LogP contribution in [0.4, 0.5) is 11.4 Å². The van der Waals surface area contributed by atoms with Gasteiger partial charge in [-0.05, 0) is 6.42 Å². The van der Waals surface area contributed by atoms with E-state index in [4.69, 9.17) is 5.11 Å². The van der Waals surface area contributed by atoms with Gasteiger partial charge in [-0.15, -0.1) is 0 Å². The molecule has 0 saturated heterocycles. The Labute approximate surface area is 75.1 Å². The molecular weight excluding hydrogens is 172 g/mol. The summed E-state index contributed by atoms with van der Waals surface area (Å²) in [5.41, 5.74) is -0.292. The monoisotopic (exact) mass is 184 g/mol. The van der Waals surface area contributed by atoms with Gasteiger partial charge in [0.1, 0.15) is 11.4 Å². The van der Waals surface area contributed by atoms with Gasteiger partial charge in [-0.1, -0.05) is 0 Å². The molecule has 0 atom stereocenters. The zero-order valence-corrected chi connectivity index (χ0v) is 7.39. The van der Waals surface area contributed by atoms with Crippen LogP contribution in [-0.4, -0.2) is 25.3 Å². The number of hydrogen-bond donors (Lipinski definition) is 3. The summed E-state index contributed by atoms with van der Waals surface area (Å²) in [5, 5.41) is 13.9. The quantitative estimate of drug-likeness (QED) is 0.409. The molecule has 0 heterocycles. The number of aliphatic hydroxyl groups excluding tert-OH is 1. The van der Waals surface area contributed by atoms with E-state index in [1.807, 2.05) is 0 Å². The van der Waals surface area contributed by atoms with Crippen LogP contribution in [0, 0.1) is 0 Å². The van der Waals surface area contributed by atoms with Crippen LogP contribution >= 0.6 is 0 Å². The summed E-state index contributed by atoms with van der Waals surface area (Å²) in [6.07, 6.45) is 0.558. The zero-order valence-electron chi connectivity index (χ0n) is 7.39. The second kappa shape index (κ2) is 4.04. The lowest BCUT2D eigenvalue weighted by atomic mass is 10.2. The molecule has 0 aliphatic heterocycles. The van der Waals surface area contributed by atoms with Gasteiger partial charge in [-0.2, -0.15) is 0 Å². The third-order valence-electron chi connectivity index (χ3n) is 1.80. The van der Waals surface area contributed by atoms with Crippen molar-refractivity contribution < 1.29 is 5.11 Å². The molecule has 72 valence electrons. The third-order valence-corrected chi connectivity index (χ3v) is 1.80. The average molecular weight is 184 g/mol. The molecule has 1 rings (SSSR count). The summed E-state index contributed by atoms with van der Waals surface area (Å²) in [7, 11) is 1.59. The van der Waals surface area contributed by atoms with Crippen LogP contribution in [0.15, 0.2) is 9.59 Å². The van der Waals surface area contributed by atoms with E-state index in [0.29, 0.717) is 24.3 Å². The predicted molar refractivity (Wildman–Crippen MR) is 51.1 cm³/mol. The minimum absolute atomic E-state index is 0.0668. The fourth-order valence-corrected chi connectivity index (χ4v) is 1.09. The maximum Gasteiger partial charge on any atom is 0.253 e. The lowest BCUT2D eigenvalue weighted by Gasteiger charge is -2.11. The van der Waals surface area contributed by atoms with Gasteiger partial charge >= 0.3 is 0 Å². The molecular formula is C8H12N2O3. The zero-order chi connectivity index (χ0) is 9.84. The highest BCUT2D eigenvalue weighted by Crippen LogP contribution is 2.12. The second-order valence-electron chi connectivity index (χ2n) is 2.66. The van der Waals surface area contributed by atoms with Crippen LogP contribution in [-0.2, 0) is 0 Å². The predicted octanol–water partition coefficient (Wildman–Crippen LogP) is -0.881. The van der Waals surface area contributed by atoms with E-state index < -0.39 is 10.9 Å². The van der Waals surface area contributed by atoms with E-state index >= 15 is 0 Å². The maximum atomic E-state index is 11.0. The number of rotatable bonds is 5. The van der Waals surface area contributed by atoms with Crippen molar-refractivity contribution in [2.75, 3.05) is 30.8 Å². The highest BCUT2D eigenvalue weighted by Gasteiger charge is 2.18. The fourth-order valence-electron chi connectivity index (χ4n) is 1.09. The molecule has 13 heavy (non-hydrogen) atoms. The van der Waals surface area contributed by atoms with Crippen LogP contribution < -0.4 is 21.5 Å². The van der Waals surface area contributed by atoms with Crippen molar-refractivity contribution >= 4 is 11.4 Å². The summed E-state index contributed by atoms with van der Waals surface area (Å²) < 4.78 is 0. The van der Waals surface area contributed by atoms with Crippen LogP contribution in [0.5, 0.6) is 0 Å². The molecule has 0 aliphatic carbocycles. The highest BCUT2D eigenvalue weighted by molar-refractivity contribution is 5.73. The summed E-state index contributed by atoms with van der Waals surface area (Å²) in [6, 6.07) is 0. The van der Waals surface area contributed by atoms with Gasteiger partial charge in [0.25, 0.3) is 10.9 Å². The molecule has 0 bridgehead atoms. The molecule has 0 aliphatic rings. The van der Waals surface area contributed by atoms with Gasteiger partial charge in [0.05, 0.1) is 0 Å². The van der Waals surface area contributed by atoms with E-state index in [1.165, 1.54) is 0 Å². The Morgan fingerprint density at radius 2 is 1.85 bits per heavy atom. The van der Waals surface area contributed by atoms with Crippen LogP contribution in [0.2, 0.25) is 0 Å². The molecule has 3 N–H and O–H groups in total. The maximum absolute atomic E-state index is 11.0. The lowest BCUT2D eigenvalue weighted by molar-refractivity contribution is 0.292. The minimum Gasteiger partial charge on any atom is -0.396 e. The van der Waals surface area contributed by atoms with E-state index in [9.17, 15) is 9.59 Å². The summed E-state index contributed by atoms with van der Waals surface area (Å²) in [4.78, 5) is 21.8. The van der Waals surface area contributed by atoms with Crippen LogP contribution in [0.25, 0.3) is 0 Å². The Balaban J connectivity index is 2.62. The van der Waals surface area contributed by atoms with E-state index in [-0.39, 0.29) is 6.61 Å². The lowest BCUT2D eigenvalue weighted by Crippen LogP contribution is -2.37. The fraction of sp³-hybridized carbons (Fsp3) is 0.500. The Morgan fingerprint density at radius 1 is 1.23 bits per heavy atom. The third kappa shape index (κ3) is 1.70. The molecule has 0 unspecified atom stereocenters. The standard InChI is InChI=1S/C8H12N2O3/c1-9-5-6(8(13)7(5)12)10-3-2-4-11/h9-11H,2-4H2,1H3. The normalized spacial score (nSPS) is 10.3. The van der Waals surface area contributed by atoms with Gasteiger partial charge in [-0.25, -0.2) is 0 Å². The van der Waals surface area contributed by atoms with Crippen molar-refractivity contribution in [3.05, 3.63) is 20.4 Å². The average Bonchev–Trinajstić information content (AvgIpc) is 2.16. The number of hydrogen-bond acceptors (Lipinski definition) is 5. The van der Waals surface area contributed by atoms with Gasteiger partial charge < -0.3 is 15.7 Å². The Morgan fingerprint density at radius 3 is 2.38 bits per heavy atom. The first-order valence-electron chi connectivity index (χ1n) is 4.08. The molecule has 0 saturated carbocycles. The number of nitrogens with one attached hydrogen (secondary N) is 2. The molecule has 1 aromatic rings. The van der Waals surface area contributed by atoms with Crippen molar-refractivity contribution in [1.82, 2.24) is 0 Å². The Bertz CT molecular complexity index is 352. The Kier molecular flexibility index (Phi) is 3.02. The van der Waals surface area contributed by atoms with Gasteiger partial charge in [0.15, 0.2) is 0 Å². The van der Waals surface area contributed by atoms with Gasteiger partial charge in [0.2, 0.25) is 0 Å². The first-order chi connectivity index (χ1) is 6.22. The molecule has 0 aromatic heterocycles. The van der Waals surface area contributed by atoms with E-state index in [2.05, 4.69) is 10.6 Å². The van der Waals surface area contributed by atoms with E-state index in [0.717, 1.165) is 0 Å². The first-order valence-corrected chi connectivity index (χ1v) is 4.08. The summed E-state index contributed by atoms with van der Waals surface area (Å²) in [5.74, 6) is 0. The molecule has 5 heteroatoms. The van der Waals surface area contributed by atoms with Gasteiger partial charge in [-0.3, -0.25) is 9.59 Å². The van der Waals surface area contributed by atoms with Crippen molar-refractivity contribution in [2.45, 2.75) is 6.42 Å². The van der Waals surface area contributed by atoms with Crippen molar-refractivity contribution in [3.8, 4) is 0 Å². The molecule has 0 fully saturated rings.